The molecule has 3 aromatic carbocycles. The van der Waals surface area contributed by atoms with Crippen LogP contribution in [0.1, 0.15) is 19.4 Å². The number of rotatable bonds is 9. The summed E-state index contributed by atoms with van der Waals surface area (Å²) in [4.78, 5) is 27.9. The highest BCUT2D eigenvalue weighted by atomic mass is 35.5. The van der Waals surface area contributed by atoms with Crippen LogP contribution in [0.5, 0.6) is 11.5 Å². The zero-order valence-corrected chi connectivity index (χ0v) is 26.6. The van der Waals surface area contributed by atoms with Crippen molar-refractivity contribution in [2.24, 2.45) is 5.92 Å². The van der Waals surface area contributed by atoms with Crippen LogP contribution in [-0.4, -0.2) is 80.7 Å². The Morgan fingerprint density at radius 3 is 2.39 bits per heavy atom. The first-order valence-corrected chi connectivity index (χ1v) is 15.9. The predicted molar refractivity (Wildman–Crippen MR) is 169 cm³/mol. The highest BCUT2D eigenvalue weighted by Crippen LogP contribution is 2.30. The molecule has 236 valence electrons. The molecule has 0 aromatic heterocycles. The second-order valence-electron chi connectivity index (χ2n) is 10.8. The Kier molecular flexibility index (Phi) is 10.7. The largest absolute Gasteiger partial charge is 0.497 e. The summed E-state index contributed by atoms with van der Waals surface area (Å²) in [5, 5.41) is 15.8. The number of hydrogen-bond donors (Lipinski definition) is 3. The summed E-state index contributed by atoms with van der Waals surface area (Å²) in [6, 6.07) is 16.8. The molecule has 0 bridgehead atoms. The lowest BCUT2D eigenvalue weighted by molar-refractivity contribution is -0.134. The maximum atomic E-state index is 13.5. The van der Waals surface area contributed by atoms with Crippen LogP contribution in [0.2, 0.25) is 5.02 Å². The number of amides is 3. The number of aliphatic hydroxyl groups is 1. The molecule has 1 aliphatic rings. The molecule has 0 saturated heterocycles. The molecule has 13 heteroatoms. The Hall–Kier alpha value is -3.84. The number of fused-ring (bicyclic) bond motifs is 1. The van der Waals surface area contributed by atoms with E-state index in [-0.39, 0.29) is 42.8 Å². The number of ether oxygens (including phenoxy) is 2. The third-order valence-corrected chi connectivity index (χ3v) is 9.57. The van der Waals surface area contributed by atoms with Gasteiger partial charge in [0.15, 0.2) is 0 Å². The molecule has 0 aliphatic carbocycles. The topological polar surface area (TPSA) is 138 Å². The van der Waals surface area contributed by atoms with Gasteiger partial charge in [-0.2, -0.15) is 4.31 Å². The maximum absolute atomic E-state index is 13.5. The van der Waals surface area contributed by atoms with Crippen molar-refractivity contribution in [3.05, 3.63) is 77.3 Å². The first-order valence-electron chi connectivity index (χ1n) is 14.0. The predicted octanol–water partition coefficient (Wildman–Crippen LogP) is 4.46. The van der Waals surface area contributed by atoms with Crippen molar-refractivity contribution < 1.29 is 32.6 Å². The molecule has 3 atom stereocenters. The van der Waals surface area contributed by atoms with E-state index in [1.54, 1.807) is 61.4 Å². The van der Waals surface area contributed by atoms with Crippen LogP contribution in [0.15, 0.2) is 71.6 Å². The summed E-state index contributed by atoms with van der Waals surface area (Å²) in [6.45, 7) is 3.61. The average Bonchev–Trinajstić information content (AvgIpc) is 3.04. The van der Waals surface area contributed by atoms with Crippen molar-refractivity contribution in [3.63, 3.8) is 0 Å². The summed E-state index contributed by atoms with van der Waals surface area (Å²) in [7, 11) is -0.840. The maximum Gasteiger partial charge on any atom is 0.323 e. The van der Waals surface area contributed by atoms with Crippen molar-refractivity contribution in [2.45, 2.75) is 37.3 Å². The van der Waals surface area contributed by atoms with E-state index >= 15 is 0 Å². The lowest BCUT2D eigenvalue weighted by atomic mass is 10.0. The van der Waals surface area contributed by atoms with Gasteiger partial charge in [0.25, 0.3) is 0 Å². The highest BCUT2D eigenvalue weighted by Gasteiger charge is 2.33. The van der Waals surface area contributed by atoms with Gasteiger partial charge in [-0.3, -0.25) is 4.79 Å². The van der Waals surface area contributed by atoms with Gasteiger partial charge in [0.1, 0.15) is 17.6 Å². The summed E-state index contributed by atoms with van der Waals surface area (Å²) in [5.74, 6) is 0.511. The molecule has 0 fully saturated rings. The fourth-order valence-electron chi connectivity index (χ4n) is 4.83. The Bertz CT molecular complexity index is 1570. The zero-order valence-electron chi connectivity index (χ0n) is 25.0. The Morgan fingerprint density at radius 2 is 1.75 bits per heavy atom. The van der Waals surface area contributed by atoms with Gasteiger partial charge in [0.2, 0.25) is 15.9 Å². The van der Waals surface area contributed by atoms with Crippen molar-refractivity contribution in [2.75, 3.05) is 44.5 Å². The normalized spacial score (nSPS) is 17.9. The second-order valence-corrected chi connectivity index (χ2v) is 13.2. The minimum Gasteiger partial charge on any atom is -0.497 e. The summed E-state index contributed by atoms with van der Waals surface area (Å²) in [6.07, 6.45) is -0.703. The third kappa shape index (κ3) is 8.00. The Morgan fingerprint density at radius 1 is 1.11 bits per heavy atom. The van der Waals surface area contributed by atoms with E-state index in [0.717, 1.165) is 0 Å². The fraction of sp³-hybridized carbons (Fsp3) is 0.355. The number of sulfonamides is 1. The van der Waals surface area contributed by atoms with Crippen molar-refractivity contribution in [1.82, 2.24) is 9.21 Å². The van der Waals surface area contributed by atoms with Crippen LogP contribution in [-0.2, 0) is 21.2 Å². The molecule has 4 rings (SSSR count). The summed E-state index contributed by atoms with van der Waals surface area (Å²) >= 11 is 5.95. The molecule has 11 nitrogen and oxygen atoms in total. The number of benzene rings is 3. The minimum atomic E-state index is -3.87. The van der Waals surface area contributed by atoms with Crippen molar-refractivity contribution in [1.29, 1.82) is 0 Å². The molecule has 3 aromatic rings. The SMILES string of the molecule is COc1ccc(NC(=O)Nc2ccc3c(c2)CC(=O)N([C@@H](C)CO)C[C@H](C)[C@@H](CN(C)S(=O)(=O)c2ccc(Cl)cc2)O3)cc1. The standard InChI is InChI=1S/C31H37ClN4O7S/c1-20-17-36(21(2)19-37)30(38)16-22-15-25(34-31(39)33-24-7-10-26(42-4)11-8-24)9-14-28(22)43-29(20)18-35(3)44(40,41)27-12-5-23(32)6-13-27/h5-15,20-21,29,37H,16-19H2,1-4H3,(H2,33,34,39)/t20-,21-,29+/m0/s1. The Labute approximate surface area is 262 Å². The van der Waals surface area contributed by atoms with E-state index in [1.807, 2.05) is 6.92 Å². The Balaban J connectivity index is 1.60. The zero-order chi connectivity index (χ0) is 32.0. The van der Waals surface area contributed by atoms with Gasteiger partial charge in [-0.1, -0.05) is 18.5 Å². The van der Waals surface area contributed by atoms with Crippen LogP contribution < -0.4 is 20.1 Å². The lowest BCUT2D eigenvalue weighted by Gasteiger charge is -2.33. The first-order chi connectivity index (χ1) is 20.9. The van der Waals surface area contributed by atoms with Crippen molar-refractivity contribution in [3.8, 4) is 11.5 Å². The van der Waals surface area contributed by atoms with Gasteiger partial charge >= 0.3 is 6.03 Å². The number of anilines is 2. The molecule has 44 heavy (non-hydrogen) atoms. The van der Waals surface area contributed by atoms with Gasteiger partial charge in [-0.05, 0) is 73.7 Å². The number of aliphatic hydroxyl groups excluding tert-OH is 1. The smallest absolute Gasteiger partial charge is 0.323 e. The van der Waals surface area contributed by atoms with Crippen LogP contribution >= 0.6 is 11.6 Å². The van der Waals surface area contributed by atoms with Crippen LogP contribution in [0.25, 0.3) is 0 Å². The number of likely N-dealkylation sites (N-methyl/N-ethyl adjacent to an activating group) is 1. The minimum absolute atomic E-state index is 0.00856. The molecular formula is C31H37ClN4O7S. The van der Waals surface area contributed by atoms with Gasteiger partial charge in [-0.15, -0.1) is 0 Å². The summed E-state index contributed by atoms with van der Waals surface area (Å²) in [5.41, 5.74) is 1.50. The van der Waals surface area contributed by atoms with Crippen LogP contribution in [0, 0.1) is 5.92 Å². The van der Waals surface area contributed by atoms with Crippen LogP contribution in [0.4, 0.5) is 16.2 Å². The molecule has 3 amide bonds. The van der Waals surface area contributed by atoms with Gasteiger partial charge in [0.05, 0.1) is 37.6 Å². The molecule has 1 aliphatic heterocycles. The number of halogens is 1. The number of urea groups is 1. The van der Waals surface area contributed by atoms with E-state index in [9.17, 15) is 23.1 Å². The molecule has 1 heterocycles. The van der Waals surface area contributed by atoms with E-state index in [4.69, 9.17) is 21.1 Å². The third-order valence-electron chi connectivity index (χ3n) is 7.48. The van der Waals surface area contributed by atoms with Crippen LogP contribution in [0.3, 0.4) is 0 Å². The first kappa shape index (κ1) is 33.1. The number of nitrogens with zero attached hydrogens (tertiary/aromatic N) is 2. The number of methoxy groups -OCH3 is 1. The molecule has 0 saturated carbocycles. The highest BCUT2D eigenvalue weighted by molar-refractivity contribution is 7.89. The molecule has 3 N–H and O–H groups in total. The molecular weight excluding hydrogens is 608 g/mol. The average molecular weight is 645 g/mol. The number of nitrogens with one attached hydrogen (secondary N) is 2. The lowest BCUT2D eigenvalue weighted by Crippen LogP contribution is -2.48. The van der Waals surface area contributed by atoms with Crippen molar-refractivity contribution >= 4 is 44.9 Å². The monoisotopic (exact) mass is 644 g/mol. The number of carbonyl (C=O) groups is 2. The fourth-order valence-corrected chi connectivity index (χ4v) is 6.14. The van der Waals surface area contributed by atoms with Gasteiger partial charge in [-0.25, -0.2) is 13.2 Å². The quantitative estimate of drug-likeness (QED) is 0.313. The van der Waals surface area contributed by atoms with Gasteiger partial charge < -0.3 is 30.1 Å². The van der Waals surface area contributed by atoms with E-state index in [2.05, 4.69) is 10.6 Å². The summed E-state index contributed by atoms with van der Waals surface area (Å²) < 4.78 is 39.5. The second kappa shape index (κ2) is 14.3. The van der Waals surface area contributed by atoms with E-state index in [1.165, 1.54) is 35.6 Å². The van der Waals surface area contributed by atoms with E-state index in [0.29, 0.717) is 33.5 Å². The van der Waals surface area contributed by atoms with E-state index < -0.39 is 28.2 Å². The molecule has 0 radical (unpaired) electrons. The number of hydrogen-bond acceptors (Lipinski definition) is 7. The molecule has 0 spiro atoms. The number of carbonyl (C=O) groups excluding carboxylic acids is 2. The van der Waals surface area contributed by atoms with Gasteiger partial charge in [0, 0.05) is 41.5 Å². The molecule has 0 unspecified atom stereocenters.